The largest absolute Gasteiger partial charge is 0.491 e. The van der Waals surface area contributed by atoms with Crippen LogP contribution in [0.15, 0.2) is 91.1 Å². The van der Waals surface area contributed by atoms with Crippen molar-refractivity contribution in [2.24, 2.45) is 0 Å². The van der Waals surface area contributed by atoms with Gasteiger partial charge in [0.25, 0.3) is 0 Å². The van der Waals surface area contributed by atoms with Crippen LogP contribution >= 0.6 is 0 Å². The number of halogens is 1. The first-order valence-corrected chi connectivity index (χ1v) is 11.7. The van der Waals surface area contributed by atoms with Crippen LogP contribution < -0.4 is 15.4 Å². The van der Waals surface area contributed by atoms with Gasteiger partial charge in [-0.2, -0.15) is 4.98 Å². The second kappa shape index (κ2) is 12.9. The molecule has 37 heavy (non-hydrogen) atoms. The summed E-state index contributed by atoms with van der Waals surface area (Å²) in [5.74, 6) is 0.396. The second-order valence-electron chi connectivity index (χ2n) is 8.09. The molecule has 0 saturated carbocycles. The molecule has 2 N–H and O–H groups in total. The van der Waals surface area contributed by atoms with Crippen molar-refractivity contribution in [3.8, 4) is 5.75 Å². The molecule has 0 saturated heterocycles. The maximum Gasteiger partial charge on any atom is 0.229 e. The lowest BCUT2D eigenvalue weighted by Crippen LogP contribution is -2.05. The minimum Gasteiger partial charge on any atom is -0.491 e. The van der Waals surface area contributed by atoms with Crippen molar-refractivity contribution < 1.29 is 18.7 Å². The molecule has 4 aromatic rings. The number of nitrogens with one attached hydrogen (secondary N) is 2. The van der Waals surface area contributed by atoms with Gasteiger partial charge in [-0.05, 0) is 53.6 Å². The van der Waals surface area contributed by atoms with Crippen molar-refractivity contribution in [2.45, 2.75) is 6.42 Å². The third-order valence-electron chi connectivity index (χ3n) is 5.27. The maximum atomic E-state index is 14.4. The average molecular weight is 499 g/mol. The number of allylic oxidation sites excluding steroid dienone is 1. The highest BCUT2D eigenvalue weighted by atomic mass is 19.1. The average Bonchev–Trinajstić information content (AvgIpc) is 2.92. The van der Waals surface area contributed by atoms with E-state index in [0.29, 0.717) is 24.7 Å². The van der Waals surface area contributed by atoms with Crippen LogP contribution in [0.3, 0.4) is 0 Å². The molecular weight excluding hydrogens is 471 g/mol. The predicted molar refractivity (Wildman–Crippen MR) is 143 cm³/mol. The molecule has 0 aliphatic rings. The monoisotopic (exact) mass is 498 g/mol. The maximum absolute atomic E-state index is 14.4. The molecule has 0 amide bonds. The number of carbonyl (C=O) groups is 1. The van der Waals surface area contributed by atoms with Gasteiger partial charge in [-0.3, -0.25) is 4.79 Å². The minimum atomic E-state index is -0.585. The van der Waals surface area contributed by atoms with Gasteiger partial charge < -0.3 is 20.1 Å². The highest BCUT2D eigenvalue weighted by Gasteiger charge is 2.09. The fourth-order valence-electron chi connectivity index (χ4n) is 3.38. The van der Waals surface area contributed by atoms with Crippen LogP contribution in [0.25, 0.3) is 6.08 Å². The van der Waals surface area contributed by atoms with Crippen molar-refractivity contribution in [2.75, 3.05) is 31.0 Å². The van der Waals surface area contributed by atoms with Gasteiger partial charge >= 0.3 is 0 Å². The van der Waals surface area contributed by atoms with E-state index in [-0.39, 0.29) is 24.0 Å². The zero-order valence-electron chi connectivity index (χ0n) is 20.4. The zero-order valence-corrected chi connectivity index (χ0v) is 20.4. The summed E-state index contributed by atoms with van der Waals surface area (Å²) in [5, 5.41) is 6.02. The first kappa shape index (κ1) is 25.5. The quantitative estimate of drug-likeness (QED) is 0.184. The molecule has 0 unspecified atom stereocenters. The number of methoxy groups -OCH3 is 1. The number of ketones is 1. The van der Waals surface area contributed by atoms with Crippen LogP contribution in [-0.2, 0) is 16.0 Å². The van der Waals surface area contributed by atoms with Gasteiger partial charge in [0, 0.05) is 24.9 Å². The number of anilines is 4. The Balaban J connectivity index is 1.34. The van der Waals surface area contributed by atoms with Crippen LogP contribution in [0, 0.1) is 5.82 Å². The van der Waals surface area contributed by atoms with Crippen LogP contribution in [0.5, 0.6) is 5.75 Å². The molecule has 1 aromatic heterocycles. The molecule has 0 atom stereocenters. The summed E-state index contributed by atoms with van der Waals surface area (Å²) in [5.41, 5.74) is 3.19. The van der Waals surface area contributed by atoms with E-state index in [2.05, 4.69) is 20.6 Å². The van der Waals surface area contributed by atoms with Crippen LogP contribution in [0.4, 0.5) is 27.5 Å². The summed E-state index contributed by atoms with van der Waals surface area (Å²) in [4.78, 5) is 20.6. The summed E-state index contributed by atoms with van der Waals surface area (Å²) in [6, 6.07) is 24.1. The van der Waals surface area contributed by atoms with Gasteiger partial charge in [-0.15, -0.1) is 0 Å². The van der Waals surface area contributed by atoms with Gasteiger partial charge in [0.05, 0.1) is 12.8 Å². The first-order valence-electron chi connectivity index (χ1n) is 11.7. The highest BCUT2D eigenvalue weighted by molar-refractivity contribution is 5.95. The minimum absolute atomic E-state index is 0.00306. The Morgan fingerprint density at radius 3 is 2.35 bits per heavy atom. The third-order valence-corrected chi connectivity index (χ3v) is 5.27. The Morgan fingerprint density at radius 1 is 0.919 bits per heavy atom. The number of benzene rings is 3. The molecular formula is C29H27FN4O3. The molecule has 0 radical (unpaired) electrons. The molecule has 0 bridgehead atoms. The van der Waals surface area contributed by atoms with E-state index in [1.807, 2.05) is 66.7 Å². The Bertz CT molecular complexity index is 1330. The Hall–Kier alpha value is -4.56. The normalized spacial score (nSPS) is 10.9. The Kier molecular flexibility index (Phi) is 8.93. The number of rotatable bonds is 12. The number of carbonyl (C=O) groups excluding carboxylic acids is 1. The van der Waals surface area contributed by atoms with Crippen molar-refractivity contribution in [1.29, 1.82) is 0 Å². The summed E-state index contributed by atoms with van der Waals surface area (Å²) in [7, 11) is 1.62. The molecule has 0 aliphatic heterocycles. The van der Waals surface area contributed by atoms with Gasteiger partial charge in [-0.25, -0.2) is 9.37 Å². The van der Waals surface area contributed by atoms with Gasteiger partial charge in [0.2, 0.25) is 5.95 Å². The molecule has 188 valence electrons. The standard InChI is InChI=1S/C29H27FN4O3/c1-36-17-18-37-26-15-12-24(13-16-26)33-29-31-20-27(30)28(34-29)32-23-10-7-22(8-11-23)19-25(35)14-9-21-5-3-2-4-6-21/h2-16,20H,17-19H2,1H3,(H2,31,32,33,34)/b14-9+. The molecule has 3 aromatic carbocycles. The number of hydrogen-bond donors (Lipinski definition) is 2. The van der Waals surface area contributed by atoms with E-state index in [1.54, 1.807) is 31.4 Å². The number of ether oxygens (including phenoxy) is 2. The molecule has 0 aliphatic carbocycles. The number of nitrogens with zero attached hydrogens (tertiary/aromatic N) is 2. The molecule has 8 heteroatoms. The van der Waals surface area contributed by atoms with E-state index in [4.69, 9.17) is 9.47 Å². The lowest BCUT2D eigenvalue weighted by atomic mass is 10.1. The summed E-state index contributed by atoms with van der Waals surface area (Å²) in [6.07, 6.45) is 4.75. The van der Waals surface area contributed by atoms with Gasteiger partial charge in [0.15, 0.2) is 17.4 Å². The summed E-state index contributed by atoms with van der Waals surface area (Å²) in [6.45, 7) is 0.966. The van der Waals surface area contributed by atoms with E-state index >= 15 is 0 Å². The van der Waals surface area contributed by atoms with Crippen LogP contribution in [0.1, 0.15) is 11.1 Å². The van der Waals surface area contributed by atoms with E-state index in [1.165, 1.54) is 0 Å². The first-order chi connectivity index (χ1) is 18.1. The highest BCUT2D eigenvalue weighted by Crippen LogP contribution is 2.22. The van der Waals surface area contributed by atoms with Crippen LogP contribution in [0.2, 0.25) is 0 Å². The van der Waals surface area contributed by atoms with Gasteiger partial charge in [0.1, 0.15) is 12.4 Å². The SMILES string of the molecule is COCCOc1ccc(Nc2ncc(F)c(Nc3ccc(CC(=O)/C=C/c4ccccc4)cc3)n2)cc1. The number of hydrogen-bond acceptors (Lipinski definition) is 7. The summed E-state index contributed by atoms with van der Waals surface area (Å²) >= 11 is 0. The van der Waals surface area contributed by atoms with Crippen molar-refractivity contribution >= 4 is 35.0 Å². The second-order valence-corrected chi connectivity index (χ2v) is 8.09. The Morgan fingerprint density at radius 2 is 1.62 bits per heavy atom. The lowest BCUT2D eigenvalue weighted by Gasteiger charge is -2.11. The van der Waals surface area contributed by atoms with Crippen LogP contribution in [-0.4, -0.2) is 36.1 Å². The van der Waals surface area contributed by atoms with Crippen molar-refractivity contribution in [3.05, 3.63) is 108 Å². The molecule has 0 fully saturated rings. The van der Waals surface area contributed by atoms with E-state index in [9.17, 15) is 9.18 Å². The summed E-state index contributed by atoms with van der Waals surface area (Å²) < 4.78 is 24.9. The zero-order chi connectivity index (χ0) is 25.9. The third kappa shape index (κ3) is 7.98. The number of aromatic nitrogens is 2. The van der Waals surface area contributed by atoms with Crippen molar-refractivity contribution in [3.63, 3.8) is 0 Å². The van der Waals surface area contributed by atoms with Gasteiger partial charge in [-0.1, -0.05) is 48.5 Å². The smallest absolute Gasteiger partial charge is 0.229 e. The fourth-order valence-corrected chi connectivity index (χ4v) is 3.38. The van der Waals surface area contributed by atoms with Crippen molar-refractivity contribution in [1.82, 2.24) is 9.97 Å². The van der Waals surface area contributed by atoms with E-state index in [0.717, 1.165) is 23.0 Å². The Labute approximate surface area is 215 Å². The van der Waals surface area contributed by atoms with E-state index < -0.39 is 5.82 Å². The molecule has 4 rings (SSSR count). The topological polar surface area (TPSA) is 85.4 Å². The molecule has 0 spiro atoms. The lowest BCUT2D eigenvalue weighted by molar-refractivity contribution is -0.113. The molecule has 1 heterocycles. The fraction of sp³-hybridized carbons (Fsp3) is 0.138. The predicted octanol–water partition coefficient (Wildman–Crippen LogP) is 5.95. The molecule has 7 nitrogen and oxygen atoms in total.